The Hall–Kier alpha value is -1.06. The Morgan fingerprint density at radius 3 is 3.07 bits per heavy atom. The van der Waals surface area contributed by atoms with E-state index in [0.717, 1.165) is 12.3 Å². The number of hydrogen-bond acceptors (Lipinski definition) is 3. The minimum atomic E-state index is 0.378. The fourth-order valence-corrected chi connectivity index (χ4v) is 1.62. The largest absolute Gasteiger partial charge is 0.478 e. The molecule has 2 N–H and O–H groups in total. The van der Waals surface area contributed by atoms with Crippen molar-refractivity contribution in [3.63, 3.8) is 0 Å². The van der Waals surface area contributed by atoms with Crippen LogP contribution in [0, 0.1) is 0 Å². The molecular formula is C11H16N2O. The van der Waals surface area contributed by atoms with Crippen molar-refractivity contribution in [3.8, 4) is 5.75 Å². The summed E-state index contributed by atoms with van der Waals surface area (Å²) < 4.78 is 5.63. The standard InChI is InChI=1S/C11H16N2O/c1-9(6-12)13-7-10-4-2-3-5-11(10)14-8-13/h2-5,9H,6-8,12H2,1H3. The first-order valence-corrected chi connectivity index (χ1v) is 4.96. The van der Waals surface area contributed by atoms with Gasteiger partial charge >= 0.3 is 0 Å². The number of nitrogens with zero attached hydrogens (tertiary/aromatic N) is 1. The van der Waals surface area contributed by atoms with Gasteiger partial charge in [0.05, 0.1) is 0 Å². The molecule has 0 radical (unpaired) electrons. The Balaban J connectivity index is 2.13. The Labute approximate surface area is 84.5 Å². The van der Waals surface area contributed by atoms with E-state index in [1.165, 1.54) is 5.56 Å². The number of ether oxygens (including phenoxy) is 1. The molecule has 0 amide bonds. The average molecular weight is 192 g/mol. The highest BCUT2D eigenvalue weighted by atomic mass is 16.5. The maximum atomic E-state index is 5.63. The molecule has 0 bridgehead atoms. The van der Waals surface area contributed by atoms with E-state index in [4.69, 9.17) is 10.5 Å². The number of fused-ring (bicyclic) bond motifs is 1. The monoisotopic (exact) mass is 192 g/mol. The van der Waals surface area contributed by atoms with Crippen molar-refractivity contribution in [2.45, 2.75) is 19.5 Å². The van der Waals surface area contributed by atoms with Crippen molar-refractivity contribution in [2.24, 2.45) is 5.73 Å². The van der Waals surface area contributed by atoms with Crippen LogP contribution in [0.25, 0.3) is 0 Å². The van der Waals surface area contributed by atoms with Crippen LogP contribution in [0.15, 0.2) is 24.3 Å². The lowest BCUT2D eigenvalue weighted by Gasteiger charge is -2.32. The number of nitrogens with two attached hydrogens (primary N) is 1. The predicted molar refractivity (Wildman–Crippen MR) is 56.0 cm³/mol. The van der Waals surface area contributed by atoms with Gasteiger partial charge in [0.2, 0.25) is 0 Å². The van der Waals surface area contributed by atoms with Crippen molar-refractivity contribution in [3.05, 3.63) is 29.8 Å². The van der Waals surface area contributed by atoms with Crippen LogP contribution in [-0.2, 0) is 6.54 Å². The summed E-state index contributed by atoms with van der Waals surface area (Å²) in [6.45, 7) is 4.38. The van der Waals surface area contributed by atoms with Crippen molar-refractivity contribution in [1.82, 2.24) is 4.90 Å². The number of para-hydroxylation sites is 1. The molecule has 0 fully saturated rings. The van der Waals surface area contributed by atoms with Gasteiger partial charge in [-0.3, -0.25) is 4.90 Å². The quantitative estimate of drug-likeness (QED) is 0.765. The van der Waals surface area contributed by atoms with Gasteiger partial charge in [-0.25, -0.2) is 0 Å². The predicted octanol–water partition coefficient (Wildman–Crippen LogP) is 1.19. The van der Waals surface area contributed by atoms with E-state index in [-0.39, 0.29) is 0 Å². The SMILES string of the molecule is CC(CN)N1COc2ccccc2C1. The van der Waals surface area contributed by atoms with Crippen molar-refractivity contribution < 1.29 is 4.74 Å². The van der Waals surface area contributed by atoms with Gasteiger partial charge in [0, 0.05) is 24.7 Å². The summed E-state index contributed by atoms with van der Waals surface area (Å²) in [5.41, 5.74) is 6.87. The van der Waals surface area contributed by atoms with Crippen LogP contribution in [0.3, 0.4) is 0 Å². The van der Waals surface area contributed by atoms with E-state index in [9.17, 15) is 0 Å². The summed E-state index contributed by atoms with van der Waals surface area (Å²) >= 11 is 0. The van der Waals surface area contributed by atoms with Crippen molar-refractivity contribution in [2.75, 3.05) is 13.3 Å². The lowest BCUT2D eigenvalue weighted by Crippen LogP contribution is -2.42. The van der Waals surface area contributed by atoms with Gasteiger partial charge in [0.1, 0.15) is 12.5 Å². The van der Waals surface area contributed by atoms with E-state index in [0.29, 0.717) is 19.3 Å². The Kier molecular flexibility index (Phi) is 2.70. The minimum absolute atomic E-state index is 0.378. The second-order valence-corrected chi connectivity index (χ2v) is 3.71. The smallest absolute Gasteiger partial charge is 0.142 e. The molecule has 1 atom stereocenters. The molecule has 1 aromatic rings. The van der Waals surface area contributed by atoms with Gasteiger partial charge in [0.15, 0.2) is 0 Å². The van der Waals surface area contributed by atoms with E-state index < -0.39 is 0 Å². The fraction of sp³-hybridized carbons (Fsp3) is 0.455. The third-order valence-electron chi connectivity index (χ3n) is 2.70. The van der Waals surface area contributed by atoms with E-state index in [1.807, 2.05) is 18.2 Å². The molecule has 0 saturated heterocycles. The minimum Gasteiger partial charge on any atom is -0.478 e. The first-order valence-electron chi connectivity index (χ1n) is 4.96. The molecule has 0 spiro atoms. The van der Waals surface area contributed by atoms with Gasteiger partial charge in [-0.05, 0) is 13.0 Å². The Morgan fingerprint density at radius 2 is 2.29 bits per heavy atom. The first kappa shape index (κ1) is 9.49. The van der Waals surface area contributed by atoms with Crippen molar-refractivity contribution in [1.29, 1.82) is 0 Å². The highest BCUT2D eigenvalue weighted by Gasteiger charge is 2.19. The third kappa shape index (κ3) is 1.74. The van der Waals surface area contributed by atoms with Crippen LogP contribution >= 0.6 is 0 Å². The first-order chi connectivity index (χ1) is 6.81. The molecule has 0 aromatic heterocycles. The summed E-state index contributed by atoms with van der Waals surface area (Å²) in [6.07, 6.45) is 0. The normalized spacial score (nSPS) is 18.4. The summed E-state index contributed by atoms with van der Waals surface area (Å²) in [7, 11) is 0. The maximum Gasteiger partial charge on any atom is 0.142 e. The van der Waals surface area contributed by atoms with Gasteiger partial charge in [-0.1, -0.05) is 18.2 Å². The van der Waals surface area contributed by atoms with Gasteiger partial charge in [0.25, 0.3) is 0 Å². The van der Waals surface area contributed by atoms with Crippen LogP contribution in [0.1, 0.15) is 12.5 Å². The third-order valence-corrected chi connectivity index (χ3v) is 2.70. The second kappa shape index (κ2) is 3.98. The molecule has 1 aromatic carbocycles. The number of benzene rings is 1. The Bertz CT molecular complexity index is 314. The molecule has 3 nitrogen and oxygen atoms in total. The molecule has 0 aliphatic carbocycles. The Morgan fingerprint density at radius 1 is 1.50 bits per heavy atom. The second-order valence-electron chi connectivity index (χ2n) is 3.71. The zero-order valence-corrected chi connectivity index (χ0v) is 8.44. The summed E-state index contributed by atoms with van der Waals surface area (Å²) in [5, 5.41) is 0. The summed E-state index contributed by atoms with van der Waals surface area (Å²) in [4.78, 5) is 2.24. The van der Waals surface area contributed by atoms with Gasteiger partial charge in [-0.2, -0.15) is 0 Å². The zero-order valence-electron chi connectivity index (χ0n) is 8.44. The van der Waals surface area contributed by atoms with Crippen molar-refractivity contribution >= 4 is 0 Å². The van der Waals surface area contributed by atoms with E-state index in [2.05, 4.69) is 17.9 Å². The molecule has 1 heterocycles. The molecule has 76 valence electrons. The summed E-state index contributed by atoms with van der Waals surface area (Å²) in [6, 6.07) is 8.54. The molecule has 1 aliphatic rings. The lowest BCUT2D eigenvalue weighted by atomic mass is 10.1. The lowest BCUT2D eigenvalue weighted by molar-refractivity contribution is 0.0651. The van der Waals surface area contributed by atoms with Gasteiger partial charge < -0.3 is 10.5 Å². The maximum absolute atomic E-state index is 5.63. The van der Waals surface area contributed by atoms with Crippen LogP contribution in [0.4, 0.5) is 0 Å². The molecule has 14 heavy (non-hydrogen) atoms. The average Bonchev–Trinajstić information content (AvgIpc) is 2.27. The molecule has 1 aliphatic heterocycles. The van der Waals surface area contributed by atoms with Gasteiger partial charge in [-0.15, -0.1) is 0 Å². The topological polar surface area (TPSA) is 38.5 Å². The van der Waals surface area contributed by atoms with Crippen LogP contribution < -0.4 is 10.5 Å². The van der Waals surface area contributed by atoms with Crippen LogP contribution in [0.5, 0.6) is 5.75 Å². The van der Waals surface area contributed by atoms with Crippen LogP contribution in [-0.4, -0.2) is 24.2 Å². The van der Waals surface area contributed by atoms with E-state index >= 15 is 0 Å². The molecule has 0 saturated carbocycles. The van der Waals surface area contributed by atoms with Crippen LogP contribution in [0.2, 0.25) is 0 Å². The zero-order chi connectivity index (χ0) is 9.97. The molecule has 3 heteroatoms. The number of rotatable bonds is 2. The fourth-order valence-electron chi connectivity index (χ4n) is 1.62. The highest BCUT2D eigenvalue weighted by molar-refractivity contribution is 5.34. The van der Waals surface area contributed by atoms with E-state index in [1.54, 1.807) is 0 Å². The molecule has 1 unspecified atom stereocenters. The molecule has 2 rings (SSSR count). The summed E-state index contributed by atoms with van der Waals surface area (Å²) in [5.74, 6) is 1.01. The highest BCUT2D eigenvalue weighted by Crippen LogP contribution is 2.24. The molecular weight excluding hydrogens is 176 g/mol. The number of hydrogen-bond donors (Lipinski definition) is 1.